The van der Waals surface area contributed by atoms with Crippen molar-refractivity contribution in [1.29, 1.82) is 0 Å². The zero-order valence-electron chi connectivity index (χ0n) is 13.6. The topological polar surface area (TPSA) is 54.9 Å². The number of carbonyl (C=O) groups excluding carboxylic acids is 1. The molecule has 24 heavy (non-hydrogen) atoms. The highest BCUT2D eigenvalue weighted by Gasteiger charge is 2.20. The summed E-state index contributed by atoms with van der Waals surface area (Å²) in [7, 11) is 0. The number of carbonyl (C=O) groups is 1. The van der Waals surface area contributed by atoms with Gasteiger partial charge in [0.2, 0.25) is 5.91 Å². The second kappa shape index (κ2) is 10.0. The Hall–Kier alpha value is -1.12. The summed E-state index contributed by atoms with van der Waals surface area (Å²) in [5.74, 6) is 0.610. The molecule has 0 radical (unpaired) electrons. The van der Waals surface area contributed by atoms with Crippen LogP contribution in [0.4, 0.5) is 10.1 Å². The number of thioether (sulfide) groups is 2. The van der Waals surface area contributed by atoms with Crippen molar-refractivity contribution in [1.82, 2.24) is 10.2 Å². The van der Waals surface area contributed by atoms with E-state index in [-0.39, 0.29) is 17.0 Å². The first kappa shape index (κ1) is 19.2. The van der Waals surface area contributed by atoms with Gasteiger partial charge in [-0.3, -0.25) is 4.79 Å². The van der Waals surface area contributed by atoms with Crippen molar-refractivity contribution in [3.05, 3.63) is 30.1 Å². The summed E-state index contributed by atoms with van der Waals surface area (Å²) in [5.41, 5.74) is 0.591. The maximum absolute atomic E-state index is 12.9. The molecule has 0 aliphatic carbocycles. The molecule has 0 spiro atoms. The number of rotatable bonds is 9. The molecule has 4 nitrogen and oxygen atoms in total. The average molecular weight is 386 g/mol. The van der Waals surface area contributed by atoms with E-state index in [1.165, 1.54) is 35.2 Å². The molecule has 0 saturated heterocycles. The largest absolute Gasteiger partial charge is 0.325 e. The molecule has 8 heteroatoms. The normalized spacial score (nSPS) is 12.1. The molecule has 0 aliphatic heterocycles. The van der Waals surface area contributed by atoms with E-state index in [4.69, 9.17) is 0 Å². The number of amides is 1. The molecule has 0 bridgehead atoms. The lowest BCUT2D eigenvalue weighted by Crippen LogP contribution is -2.24. The number of nitrogens with one attached hydrogen (secondary N) is 1. The zero-order chi connectivity index (χ0) is 17.4. The summed E-state index contributed by atoms with van der Waals surface area (Å²) < 4.78 is 14.7. The predicted molar refractivity (Wildman–Crippen MR) is 101 cm³/mol. The average Bonchev–Trinajstić information content (AvgIpc) is 3.02. The Morgan fingerprint density at radius 1 is 1.25 bits per heavy atom. The molecule has 1 heterocycles. The molecule has 1 aromatic carbocycles. The van der Waals surface area contributed by atoms with E-state index in [1.807, 2.05) is 6.92 Å². The van der Waals surface area contributed by atoms with Gasteiger partial charge in [0.05, 0.1) is 5.25 Å². The number of hydrogen-bond acceptors (Lipinski definition) is 6. The minimum atomic E-state index is -0.323. The van der Waals surface area contributed by atoms with Crippen LogP contribution in [0.3, 0.4) is 0 Å². The molecular weight excluding hydrogens is 365 g/mol. The van der Waals surface area contributed by atoms with Crippen LogP contribution in [0.25, 0.3) is 0 Å². The van der Waals surface area contributed by atoms with Gasteiger partial charge in [-0.15, -0.1) is 10.2 Å². The lowest BCUT2D eigenvalue weighted by atomic mass is 10.2. The summed E-state index contributed by atoms with van der Waals surface area (Å²) in [5, 5.41) is 10.9. The number of aromatic nitrogens is 2. The van der Waals surface area contributed by atoms with E-state index in [2.05, 4.69) is 22.4 Å². The fourth-order valence-corrected chi connectivity index (χ4v) is 5.15. The van der Waals surface area contributed by atoms with Crippen molar-refractivity contribution in [3.8, 4) is 0 Å². The van der Waals surface area contributed by atoms with Crippen LogP contribution < -0.4 is 5.32 Å². The molecule has 0 aliphatic rings. The lowest BCUT2D eigenvalue weighted by molar-refractivity contribution is -0.115. The van der Waals surface area contributed by atoms with Gasteiger partial charge in [-0.25, -0.2) is 4.39 Å². The first-order valence-electron chi connectivity index (χ1n) is 7.81. The summed E-state index contributed by atoms with van der Waals surface area (Å²) in [6, 6.07) is 5.76. The van der Waals surface area contributed by atoms with E-state index in [0.29, 0.717) is 12.1 Å². The Bertz CT molecular complexity index is 648. The van der Waals surface area contributed by atoms with Gasteiger partial charge in [0.1, 0.15) is 5.82 Å². The van der Waals surface area contributed by atoms with E-state index in [1.54, 1.807) is 23.9 Å². The number of unbranched alkanes of at least 4 members (excludes halogenated alkanes) is 1. The Kier molecular flexibility index (Phi) is 8.01. The highest BCUT2D eigenvalue weighted by molar-refractivity contribution is 8.04. The maximum atomic E-state index is 12.9. The number of anilines is 1. The van der Waals surface area contributed by atoms with E-state index < -0.39 is 0 Å². The highest BCUT2D eigenvalue weighted by atomic mass is 32.2. The first-order valence-corrected chi connectivity index (χ1v) is 10.5. The summed E-state index contributed by atoms with van der Waals surface area (Å²) in [6.45, 7) is 4.12. The van der Waals surface area contributed by atoms with E-state index in [0.717, 1.165) is 27.3 Å². The molecule has 2 rings (SSSR count). The molecule has 1 atom stereocenters. The number of hydrogen-bond donors (Lipinski definition) is 1. The third-order valence-electron chi connectivity index (χ3n) is 3.13. The van der Waals surface area contributed by atoms with E-state index in [9.17, 15) is 9.18 Å². The van der Waals surface area contributed by atoms with Gasteiger partial charge in [-0.1, -0.05) is 55.1 Å². The van der Waals surface area contributed by atoms with Crippen LogP contribution in [0.15, 0.2) is 32.9 Å². The number of halogens is 1. The third kappa shape index (κ3) is 6.07. The molecule has 0 saturated carbocycles. The van der Waals surface area contributed by atoms with Crippen molar-refractivity contribution in [3.63, 3.8) is 0 Å². The number of benzene rings is 1. The molecular formula is C16H20FN3OS3. The van der Waals surface area contributed by atoms with Crippen LogP contribution in [0.1, 0.15) is 33.1 Å². The molecule has 1 aromatic heterocycles. The van der Waals surface area contributed by atoms with Gasteiger partial charge in [0.25, 0.3) is 0 Å². The first-order chi connectivity index (χ1) is 11.6. The second-order valence-electron chi connectivity index (χ2n) is 5.05. The summed E-state index contributed by atoms with van der Waals surface area (Å²) >= 11 is 4.66. The molecule has 1 unspecified atom stereocenters. The lowest BCUT2D eigenvalue weighted by Gasteiger charge is -2.12. The Labute approximate surface area is 154 Å². The highest BCUT2D eigenvalue weighted by Crippen LogP contribution is 2.33. The van der Waals surface area contributed by atoms with Gasteiger partial charge in [-0.2, -0.15) is 0 Å². The summed E-state index contributed by atoms with van der Waals surface area (Å²) in [6.07, 6.45) is 2.99. The van der Waals surface area contributed by atoms with Crippen molar-refractivity contribution < 1.29 is 9.18 Å². The number of nitrogens with zero attached hydrogens (tertiary/aromatic N) is 2. The van der Waals surface area contributed by atoms with Gasteiger partial charge in [0, 0.05) is 11.4 Å². The van der Waals surface area contributed by atoms with Gasteiger partial charge in [-0.05, 0) is 37.1 Å². The van der Waals surface area contributed by atoms with Gasteiger partial charge < -0.3 is 5.32 Å². The standard InChI is InChI=1S/C16H20FN3OS3/c1-3-5-10-22-15-19-20-16(24-15)23-13(4-2)14(21)18-12-8-6-11(17)7-9-12/h6-9,13H,3-5,10H2,1-2H3,(H,18,21). The van der Waals surface area contributed by atoms with Crippen LogP contribution in [-0.2, 0) is 4.79 Å². The second-order valence-corrected chi connectivity index (χ2v) is 8.82. The Morgan fingerprint density at radius 3 is 2.62 bits per heavy atom. The van der Waals surface area contributed by atoms with E-state index >= 15 is 0 Å². The monoisotopic (exact) mass is 385 g/mol. The van der Waals surface area contributed by atoms with Crippen LogP contribution in [0.2, 0.25) is 0 Å². The molecule has 130 valence electrons. The zero-order valence-corrected chi connectivity index (χ0v) is 16.1. The fraction of sp³-hybridized carbons (Fsp3) is 0.438. The fourth-order valence-electron chi connectivity index (χ4n) is 1.81. The van der Waals surface area contributed by atoms with Crippen molar-refractivity contribution >= 4 is 46.5 Å². The quantitative estimate of drug-likeness (QED) is 0.482. The molecule has 1 amide bonds. The molecule has 0 fully saturated rings. The predicted octanol–water partition coefficient (Wildman–Crippen LogP) is 5.08. The maximum Gasteiger partial charge on any atom is 0.237 e. The van der Waals surface area contributed by atoms with Crippen molar-refractivity contribution in [2.24, 2.45) is 0 Å². The summed E-state index contributed by atoms with van der Waals surface area (Å²) in [4.78, 5) is 12.4. The SMILES string of the molecule is CCCCSc1nnc(SC(CC)C(=O)Nc2ccc(F)cc2)s1. The smallest absolute Gasteiger partial charge is 0.237 e. The van der Waals surface area contributed by atoms with Crippen LogP contribution >= 0.6 is 34.9 Å². The third-order valence-corrected chi connectivity index (χ3v) is 6.72. The van der Waals surface area contributed by atoms with Crippen LogP contribution in [0, 0.1) is 5.82 Å². The molecule has 1 N–H and O–H groups in total. The minimum Gasteiger partial charge on any atom is -0.325 e. The Morgan fingerprint density at radius 2 is 1.96 bits per heavy atom. The Balaban J connectivity index is 1.90. The van der Waals surface area contributed by atoms with Crippen molar-refractivity contribution in [2.45, 2.75) is 47.0 Å². The van der Waals surface area contributed by atoms with Crippen LogP contribution in [-0.4, -0.2) is 27.1 Å². The minimum absolute atomic E-state index is 0.107. The molecule has 2 aromatic rings. The van der Waals surface area contributed by atoms with Gasteiger partial charge in [0.15, 0.2) is 8.68 Å². The van der Waals surface area contributed by atoms with Gasteiger partial charge >= 0.3 is 0 Å². The van der Waals surface area contributed by atoms with Crippen LogP contribution in [0.5, 0.6) is 0 Å². The van der Waals surface area contributed by atoms with Crippen molar-refractivity contribution in [2.75, 3.05) is 11.1 Å².